The predicted molar refractivity (Wildman–Crippen MR) is 248 cm³/mol. The third-order valence-electron chi connectivity index (χ3n) is 13.3. The summed E-state index contributed by atoms with van der Waals surface area (Å²) in [6, 6.07) is 28.5. The number of non-ortho nitro benzene ring substituents is 1. The molecule has 1 amide bonds. The summed E-state index contributed by atoms with van der Waals surface area (Å²) in [7, 11) is 1.63. The lowest BCUT2D eigenvalue weighted by Gasteiger charge is -2.59. The van der Waals surface area contributed by atoms with Gasteiger partial charge < -0.3 is 43.6 Å². The molecule has 2 aliphatic heterocycles. The molecule has 2 fully saturated rings. The number of aliphatic hydroxyl groups is 2. The van der Waals surface area contributed by atoms with Crippen molar-refractivity contribution in [2.45, 2.75) is 88.2 Å². The van der Waals surface area contributed by atoms with E-state index >= 15 is 0 Å². The minimum Gasteiger partial charge on any atom is -0.459 e. The highest BCUT2D eigenvalue weighted by atomic mass is 16.8. The van der Waals surface area contributed by atoms with Crippen molar-refractivity contribution in [1.29, 1.82) is 0 Å². The first-order chi connectivity index (χ1) is 32.2. The Labute approximate surface area is 385 Å². The summed E-state index contributed by atoms with van der Waals surface area (Å²) < 4.78 is 32.7. The first-order valence-corrected chi connectivity index (χ1v) is 23.1. The van der Waals surface area contributed by atoms with Crippen molar-refractivity contribution in [3.8, 4) is 34.1 Å². The van der Waals surface area contributed by atoms with Crippen LogP contribution in [0.3, 0.4) is 0 Å². The summed E-state index contributed by atoms with van der Waals surface area (Å²) in [5, 5.41) is 36.2. The smallest absolute Gasteiger partial charge is 0.415 e. The van der Waals surface area contributed by atoms with Gasteiger partial charge in [0.25, 0.3) is 5.69 Å². The van der Waals surface area contributed by atoms with Crippen LogP contribution in [-0.4, -0.2) is 83.4 Å². The van der Waals surface area contributed by atoms with Crippen LogP contribution in [0.5, 0.6) is 23.0 Å². The number of carbonyl (C=O) groups excluding carboxylic acids is 1. The third-order valence-corrected chi connectivity index (χ3v) is 13.3. The number of nitro groups is 1. The number of likely N-dealkylation sites (N-methyl/N-ethyl adjacent to an activating group) is 1. The Kier molecular flexibility index (Phi) is 15.1. The molecular weight excluding hydrogens is 843 g/mol. The van der Waals surface area contributed by atoms with Gasteiger partial charge in [-0.1, -0.05) is 72.6 Å². The molecule has 1 saturated carbocycles. The van der Waals surface area contributed by atoms with Crippen LogP contribution in [0.1, 0.15) is 75.7 Å². The summed E-state index contributed by atoms with van der Waals surface area (Å²) in [6.07, 6.45) is 9.78. The van der Waals surface area contributed by atoms with Crippen molar-refractivity contribution in [2.75, 3.05) is 33.5 Å². The number of ether oxygens (including phenoxy) is 5. The number of rotatable bonds is 19. The molecule has 14 nitrogen and oxygen atoms in total. The molecule has 4 aromatic carbocycles. The Morgan fingerprint density at radius 1 is 0.924 bits per heavy atom. The maximum absolute atomic E-state index is 14.4. The maximum Gasteiger partial charge on any atom is 0.415 e. The molecule has 0 bridgehead atoms. The number of nitrogens with zero attached hydrogens (tertiary/aromatic N) is 3. The molecule has 7 unspecified atom stereocenters. The third kappa shape index (κ3) is 10.2. The molecule has 0 aromatic heterocycles. The van der Waals surface area contributed by atoms with Gasteiger partial charge in [-0.05, 0) is 110 Å². The van der Waals surface area contributed by atoms with Gasteiger partial charge in [-0.2, -0.15) is 0 Å². The number of nitro benzene ring substituents is 1. The molecule has 7 atom stereocenters. The van der Waals surface area contributed by atoms with Gasteiger partial charge in [0.05, 0.1) is 29.8 Å². The van der Waals surface area contributed by atoms with E-state index in [0.717, 1.165) is 60.8 Å². The fourth-order valence-electron chi connectivity index (χ4n) is 10.1. The monoisotopic (exact) mass is 901 g/mol. The van der Waals surface area contributed by atoms with Crippen molar-refractivity contribution in [2.24, 2.45) is 22.9 Å². The molecule has 2 aliphatic carbocycles. The highest BCUT2D eigenvalue weighted by molar-refractivity contribution is 6.03. The number of allylic oxidation sites excluding steroid dienone is 1. The molecule has 8 rings (SSSR count). The van der Waals surface area contributed by atoms with Crippen LogP contribution >= 0.6 is 0 Å². The fraction of sp³-hybridized carbons (Fsp3) is 0.423. The number of carbonyl (C=O) groups is 1. The van der Waals surface area contributed by atoms with Gasteiger partial charge in [-0.15, -0.1) is 6.58 Å². The lowest BCUT2D eigenvalue weighted by Crippen LogP contribution is -2.69. The van der Waals surface area contributed by atoms with E-state index < -0.39 is 35.1 Å². The number of hydrogen-bond acceptors (Lipinski definition) is 12. The minimum absolute atomic E-state index is 0.00119. The molecule has 1 saturated heterocycles. The maximum atomic E-state index is 14.4. The Hall–Kier alpha value is -6.06. The summed E-state index contributed by atoms with van der Waals surface area (Å²) in [6.45, 7) is 4.79. The first-order valence-electron chi connectivity index (χ1n) is 23.1. The number of hydrogen-bond donors (Lipinski definition) is 2. The second-order valence-electron chi connectivity index (χ2n) is 17.4. The normalized spacial score (nSPS) is 24.8. The number of benzene rings is 4. The van der Waals surface area contributed by atoms with E-state index in [2.05, 4.69) is 30.9 Å². The van der Waals surface area contributed by atoms with Crippen LogP contribution in [0.2, 0.25) is 0 Å². The van der Waals surface area contributed by atoms with Crippen LogP contribution in [-0.2, 0) is 14.3 Å². The number of amides is 1. The van der Waals surface area contributed by atoms with Crippen LogP contribution in [0, 0.1) is 27.9 Å². The Bertz CT molecular complexity index is 2350. The SMILES string of the molecule is C=CCOC12Oc3ccc(Oc4ccc(-c5ccccc5)cc4)cc3C3C(CCCCO)C(CCCCO)C=C(C(=NOC4CCCCO4)CC1N(C)C(=O)Oc1ccc([N+](=O)[O-])cc1)C32. The summed E-state index contributed by atoms with van der Waals surface area (Å²) in [4.78, 5) is 32.9. The second-order valence-corrected chi connectivity index (χ2v) is 17.4. The highest BCUT2D eigenvalue weighted by Gasteiger charge is 2.65. The van der Waals surface area contributed by atoms with Crippen molar-refractivity contribution in [3.63, 3.8) is 0 Å². The molecule has 2 N–H and O–H groups in total. The number of fused-ring (bicyclic) bond motifs is 2. The number of aliphatic hydroxyl groups excluding tert-OH is 2. The Morgan fingerprint density at radius 2 is 1.64 bits per heavy atom. The quantitative estimate of drug-likeness (QED) is 0.0397. The van der Waals surface area contributed by atoms with Gasteiger partial charge in [0.1, 0.15) is 29.0 Å². The summed E-state index contributed by atoms with van der Waals surface area (Å²) in [5.41, 5.74) is 4.46. The van der Waals surface area contributed by atoms with Gasteiger partial charge in [-0.25, -0.2) is 4.79 Å². The highest BCUT2D eigenvalue weighted by Crippen LogP contribution is 2.62. The average Bonchev–Trinajstić information content (AvgIpc) is 3.34. The molecular formula is C52H59N3O11. The topological polar surface area (TPSA) is 172 Å². The van der Waals surface area contributed by atoms with Crippen molar-refractivity contribution in [3.05, 3.63) is 137 Å². The standard InChI is InChI=1S/C52H59N3O11/c1-3-30-62-52-47(54(2)51(58)64-40-24-20-38(21-25-40)55(59)60)34-45(53-66-48-17-9-12-31-61-48)43-32-37(15-7-10-28-56)42(16-8-11-29-57)49(50(43)52)44-33-41(26-27-46(44)65-52)63-39-22-18-36(19-23-39)35-13-5-4-6-14-35/h3-6,13-14,18-27,32-33,37,42,47-50,56-57H,1,7-12,15-17,28-31,34H2,2H3. The molecule has 0 spiro atoms. The average molecular weight is 902 g/mol. The Balaban J connectivity index is 1.25. The van der Waals surface area contributed by atoms with Gasteiger partial charge in [0, 0.05) is 56.7 Å². The van der Waals surface area contributed by atoms with E-state index in [1.165, 1.54) is 29.2 Å². The molecule has 4 aliphatic rings. The van der Waals surface area contributed by atoms with Crippen LogP contribution < -0.4 is 14.2 Å². The second kappa shape index (κ2) is 21.5. The zero-order valence-electron chi connectivity index (χ0n) is 37.4. The molecule has 14 heteroatoms. The van der Waals surface area contributed by atoms with Crippen molar-refractivity contribution in [1.82, 2.24) is 4.90 Å². The number of oxime groups is 1. The van der Waals surface area contributed by atoms with Crippen molar-refractivity contribution < 1.29 is 48.5 Å². The van der Waals surface area contributed by atoms with E-state index in [1.54, 1.807) is 13.1 Å². The summed E-state index contributed by atoms with van der Waals surface area (Å²) >= 11 is 0. The molecule has 4 aromatic rings. The zero-order valence-corrected chi connectivity index (χ0v) is 37.4. The van der Waals surface area contributed by atoms with E-state index in [-0.39, 0.29) is 55.4 Å². The molecule has 2 heterocycles. The minimum atomic E-state index is -1.51. The predicted octanol–water partition coefficient (Wildman–Crippen LogP) is 10.3. The van der Waals surface area contributed by atoms with Crippen LogP contribution in [0.4, 0.5) is 10.5 Å². The molecule has 348 valence electrons. The van der Waals surface area contributed by atoms with E-state index in [9.17, 15) is 25.1 Å². The largest absolute Gasteiger partial charge is 0.459 e. The zero-order chi connectivity index (χ0) is 46.0. The van der Waals surface area contributed by atoms with Gasteiger partial charge in [0.15, 0.2) is 0 Å². The van der Waals surface area contributed by atoms with Gasteiger partial charge in [-0.3, -0.25) is 10.1 Å². The lowest BCUT2D eigenvalue weighted by molar-refractivity contribution is -0.384. The Morgan fingerprint density at radius 3 is 2.33 bits per heavy atom. The molecule has 0 radical (unpaired) electrons. The van der Waals surface area contributed by atoms with Crippen LogP contribution in [0.15, 0.2) is 127 Å². The van der Waals surface area contributed by atoms with Crippen LogP contribution in [0.25, 0.3) is 11.1 Å². The van der Waals surface area contributed by atoms with Crippen molar-refractivity contribution >= 4 is 17.5 Å². The van der Waals surface area contributed by atoms with E-state index in [1.807, 2.05) is 54.6 Å². The molecule has 66 heavy (non-hydrogen) atoms. The van der Waals surface area contributed by atoms with Gasteiger partial charge in [0.2, 0.25) is 12.1 Å². The number of unbranched alkanes of at least 4 members (excludes halogenated alkanes) is 2. The lowest BCUT2D eigenvalue weighted by atomic mass is 9.55. The first kappa shape index (κ1) is 46.5. The fourth-order valence-corrected chi connectivity index (χ4v) is 10.1. The van der Waals surface area contributed by atoms with Gasteiger partial charge >= 0.3 is 6.09 Å². The summed E-state index contributed by atoms with van der Waals surface area (Å²) in [5.74, 6) is -0.326. The van der Waals surface area contributed by atoms with E-state index in [0.29, 0.717) is 48.8 Å². The van der Waals surface area contributed by atoms with E-state index in [4.69, 9.17) is 33.7 Å².